The van der Waals surface area contributed by atoms with E-state index < -0.39 is 9.84 Å². The topological polar surface area (TPSA) is 93.1 Å². The first-order valence-electron chi connectivity index (χ1n) is 8.09. The number of hydrogen-bond acceptors (Lipinski definition) is 6. The Kier molecular flexibility index (Phi) is 4.80. The van der Waals surface area contributed by atoms with Crippen LogP contribution in [0, 0.1) is 6.92 Å². The van der Waals surface area contributed by atoms with Crippen molar-refractivity contribution in [2.75, 3.05) is 19.3 Å². The first kappa shape index (κ1) is 17.5. The third kappa shape index (κ3) is 3.84. The van der Waals surface area contributed by atoms with Gasteiger partial charge >= 0.3 is 0 Å². The largest absolute Gasteiger partial charge is 0.337 e. The van der Waals surface area contributed by atoms with Gasteiger partial charge < -0.3 is 4.90 Å². The molecule has 2 aromatic heterocycles. The molecule has 1 aliphatic heterocycles. The summed E-state index contributed by atoms with van der Waals surface area (Å²) in [5.74, 6) is -0.116. The number of carbonyl (C=O) groups excluding carboxylic acids is 1. The maximum Gasteiger partial charge on any atom is 0.274 e. The number of amides is 1. The molecule has 0 aromatic carbocycles. The molecule has 2 aromatic rings. The molecule has 1 saturated heterocycles. The van der Waals surface area contributed by atoms with Crippen LogP contribution in [0.1, 0.15) is 40.6 Å². The molecule has 0 bridgehead atoms. The quantitative estimate of drug-likeness (QED) is 0.825. The fraction of sp³-hybridized carbons (Fsp3) is 0.412. The molecule has 3 rings (SSSR count). The molecular weight excluding hydrogens is 340 g/mol. The molecule has 0 spiro atoms. The third-order valence-corrected chi connectivity index (χ3v) is 5.51. The van der Waals surface area contributed by atoms with Crippen LogP contribution in [0.4, 0.5) is 0 Å². The highest BCUT2D eigenvalue weighted by molar-refractivity contribution is 7.90. The zero-order valence-corrected chi connectivity index (χ0v) is 15.0. The van der Waals surface area contributed by atoms with Crippen molar-refractivity contribution < 1.29 is 13.2 Å². The molecule has 0 aliphatic carbocycles. The lowest BCUT2D eigenvalue weighted by molar-refractivity contribution is 0.0705. The molecule has 3 heterocycles. The van der Waals surface area contributed by atoms with Gasteiger partial charge in [0, 0.05) is 37.7 Å². The van der Waals surface area contributed by atoms with E-state index >= 15 is 0 Å². The molecule has 0 radical (unpaired) electrons. The van der Waals surface area contributed by atoms with Crippen LogP contribution in [0.2, 0.25) is 0 Å². The summed E-state index contributed by atoms with van der Waals surface area (Å²) in [5.41, 5.74) is 1.70. The van der Waals surface area contributed by atoms with Crippen molar-refractivity contribution in [3.63, 3.8) is 0 Å². The van der Waals surface area contributed by atoms with Crippen LogP contribution >= 0.6 is 0 Å². The Morgan fingerprint density at radius 3 is 2.48 bits per heavy atom. The third-order valence-electron chi connectivity index (χ3n) is 4.37. The summed E-state index contributed by atoms with van der Waals surface area (Å²) < 4.78 is 23.9. The molecule has 0 N–H and O–H groups in total. The predicted molar refractivity (Wildman–Crippen MR) is 92.0 cm³/mol. The van der Waals surface area contributed by atoms with Gasteiger partial charge in [-0.15, -0.1) is 0 Å². The van der Waals surface area contributed by atoms with Crippen LogP contribution in [-0.4, -0.2) is 53.5 Å². The Bertz CT molecular complexity index is 873. The lowest BCUT2D eigenvalue weighted by Crippen LogP contribution is -2.38. The molecule has 0 saturated carbocycles. The molecular formula is C17H20N4O3S. The molecule has 132 valence electrons. The van der Waals surface area contributed by atoms with E-state index in [1.807, 2.05) is 6.92 Å². The number of aryl methyl sites for hydroxylation is 1. The lowest BCUT2D eigenvalue weighted by Gasteiger charge is -2.32. The van der Waals surface area contributed by atoms with E-state index in [1.54, 1.807) is 29.4 Å². The normalized spacial score (nSPS) is 16.0. The van der Waals surface area contributed by atoms with E-state index in [0.29, 0.717) is 37.3 Å². The smallest absolute Gasteiger partial charge is 0.274 e. The monoisotopic (exact) mass is 360 g/mol. The maximum atomic E-state index is 12.5. The van der Waals surface area contributed by atoms with Gasteiger partial charge in [-0.2, -0.15) is 0 Å². The standard InChI is InChI=1S/C17H20N4O3S/c1-12-10-20-14(11-19-12)17(22)21-8-5-13(6-9-21)16-15(25(2,23)24)4-3-7-18-16/h3-4,7,10-11,13H,5-6,8-9H2,1-2H3. The minimum absolute atomic E-state index is 0.0269. The SMILES string of the molecule is Cc1cnc(C(=O)N2CCC(c3ncccc3S(C)(=O)=O)CC2)cn1. The van der Waals surface area contributed by atoms with Crippen molar-refractivity contribution >= 4 is 15.7 Å². The van der Waals surface area contributed by atoms with Crippen LogP contribution in [0.3, 0.4) is 0 Å². The van der Waals surface area contributed by atoms with Crippen molar-refractivity contribution in [2.24, 2.45) is 0 Å². The van der Waals surface area contributed by atoms with Gasteiger partial charge in [0.25, 0.3) is 5.91 Å². The van der Waals surface area contributed by atoms with Gasteiger partial charge in [-0.1, -0.05) is 0 Å². The number of pyridine rings is 1. The Hall–Kier alpha value is -2.35. The summed E-state index contributed by atoms with van der Waals surface area (Å²) in [5, 5.41) is 0. The predicted octanol–water partition coefficient (Wildman–Crippen LogP) is 1.60. The van der Waals surface area contributed by atoms with E-state index in [2.05, 4.69) is 15.0 Å². The van der Waals surface area contributed by atoms with Crippen LogP contribution in [-0.2, 0) is 9.84 Å². The van der Waals surface area contributed by atoms with Gasteiger partial charge in [-0.25, -0.2) is 13.4 Å². The van der Waals surface area contributed by atoms with Crippen LogP contribution in [0.25, 0.3) is 0 Å². The minimum Gasteiger partial charge on any atom is -0.337 e. The fourth-order valence-electron chi connectivity index (χ4n) is 3.04. The molecule has 25 heavy (non-hydrogen) atoms. The molecule has 7 nitrogen and oxygen atoms in total. The highest BCUT2D eigenvalue weighted by atomic mass is 32.2. The van der Waals surface area contributed by atoms with Crippen molar-refractivity contribution in [1.82, 2.24) is 19.9 Å². The lowest BCUT2D eigenvalue weighted by atomic mass is 9.93. The van der Waals surface area contributed by atoms with Crippen LogP contribution in [0.5, 0.6) is 0 Å². The van der Waals surface area contributed by atoms with Gasteiger partial charge in [0.2, 0.25) is 0 Å². The Balaban J connectivity index is 1.72. The van der Waals surface area contributed by atoms with E-state index in [0.717, 1.165) is 5.69 Å². The maximum absolute atomic E-state index is 12.5. The zero-order valence-electron chi connectivity index (χ0n) is 14.2. The number of carbonyl (C=O) groups is 1. The van der Waals surface area contributed by atoms with Crippen LogP contribution < -0.4 is 0 Å². The molecule has 1 amide bonds. The zero-order chi connectivity index (χ0) is 18.0. The molecule has 1 aliphatic rings. The Labute approximate surface area is 147 Å². The number of piperidine rings is 1. The van der Waals surface area contributed by atoms with E-state index in [1.165, 1.54) is 12.5 Å². The van der Waals surface area contributed by atoms with Gasteiger partial charge in [0.05, 0.1) is 22.5 Å². The number of likely N-dealkylation sites (tertiary alicyclic amines) is 1. The highest BCUT2D eigenvalue weighted by Crippen LogP contribution is 2.31. The number of rotatable bonds is 3. The van der Waals surface area contributed by atoms with Crippen molar-refractivity contribution in [3.05, 3.63) is 47.8 Å². The average Bonchev–Trinajstić information content (AvgIpc) is 2.61. The van der Waals surface area contributed by atoms with E-state index in [4.69, 9.17) is 0 Å². The number of aromatic nitrogens is 3. The van der Waals surface area contributed by atoms with E-state index in [9.17, 15) is 13.2 Å². The summed E-state index contributed by atoms with van der Waals surface area (Å²) in [6.45, 7) is 2.90. The summed E-state index contributed by atoms with van der Waals surface area (Å²) in [6, 6.07) is 3.23. The summed E-state index contributed by atoms with van der Waals surface area (Å²) in [4.78, 5) is 27.1. The van der Waals surface area contributed by atoms with Crippen molar-refractivity contribution in [2.45, 2.75) is 30.6 Å². The number of hydrogen-bond donors (Lipinski definition) is 0. The van der Waals surface area contributed by atoms with Crippen LogP contribution in [0.15, 0.2) is 35.6 Å². The average molecular weight is 360 g/mol. The number of sulfone groups is 1. The Morgan fingerprint density at radius 1 is 1.16 bits per heavy atom. The van der Waals surface area contributed by atoms with Gasteiger partial charge in [0.1, 0.15) is 5.69 Å². The summed E-state index contributed by atoms with van der Waals surface area (Å²) in [6.07, 6.45) is 7.22. The van der Waals surface area contributed by atoms with E-state index in [-0.39, 0.29) is 16.7 Å². The van der Waals surface area contributed by atoms with Crippen molar-refractivity contribution in [1.29, 1.82) is 0 Å². The second kappa shape index (κ2) is 6.87. The second-order valence-electron chi connectivity index (χ2n) is 6.27. The molecule has 0 atom stereocenters. The van der Waals surface area contributed by atoms with Gasteiger partial charge in [-0.3, -0.25) is 14.8 Å². The summed E-state index contributed by atoms with van der Waals surface area (Å²) in [7, 11) is -3.32. The fourth-order valence-corrected chi connectivity index (χ4v) is 3.97. The van der Waals surface area contributed by atoms with Crippen molar-refractivity contribution in [3.8, 4) is 0 Å². The molecule has 8 heteroatoms. The first-order valence-corrected chi connectivity index (χ1v) is 9.98. The summed E-state index contributed by atoms with van der Waals surface area (Å²) >= 11 is 0. The van der Waals surface area contributed by atoms with Gasteiger partial charge in [0.15, 0.2) is 9.84 Å². The highest BCUT2D eigenvalue weighted by Gasteiger charge is 2.29. The minimum atomic E-state index is -3.32. The number of nitrogens with zero attached hydrogens (tertiary/aromatic N) is 4. The second-order valence-corrected chi connectivity index (χ2v) is 8.25. The molecule has 0 unspecified atom stereocenters. The Morgan fingerprint density at radius 2 is 1.88 bits per heavy atom. The van der Waals surface area contributed by atoms with Gasteiger partial charge in [-0.05, 0) is 31.9 Å². The first-order chi connectivity index (χ1) is 11.9. The molecule has 1 fully saturated rings.